The summed E-state index contributed by atoms with van der Waals surface area (Å²) in [7, 11) is 1.99. The largest absolute Gasteiger partial charge is 0.351 e. The molecule has 1 N–H and O–H groups in total. The minimum atomic E-state index is 0.0829. The van der Waals surface area contributed by atoms with E-state index in [1.165, 1.54) is 0 Å². The number of halogens is 1. The molecule has 3 heterocycles. The molecule has 2 aromatic heterocycles. The summed E-state index contributed by atoms with van der Waals surface area (Å²) in [5, 5.41) is 0.704. The van der Waals surface area contributed by atoms with E-state index in [-0.39, 0.29) is 5.91 Å². The SMILES string of the molecule is Cc1cc(C(=O)N2CCc3nc(-c4ccc(Cl)cc4)[nH]c3C2)c(C)n1C. The Bertz CT molecular complexity index is 984. The van der Waals surface area contributed by atoms with Gasteiger partial charge in [0.05, 0.1) is 23.5 Å². The van der Waals surface area contributed by atoms with Gasteiger partial charge in [-0.05, 0) is 44.2 Å². The monoisotopic (exact) mass is 368 g/mol. The molecule has 5 nitrogen and oxygen atoms in total. The summed E-state index contributed by atoms with van der Waals surface area (Å²) >= 11 is 5.96. The molecule has 0 atom stereocenters. The lowest BCUT2D eigenvalue weighted by atomic mass is 10.1. The maximum Gasteiger partial charge on any atom is 0.256 e. The Morgan fingerprint density at radius 2 is 1.96 bits per heavy atom. The van der Waals surface area contributed by atoms with Gasteiger partial charge in [-0.25, -0.2) is 4.98 Å². The van der Waals surface area contributed by atoms with Crippen molar-refractivity contribution >= 4 is 17.5 Å². The van der Waals surface area contributed by atoms with Crippen LogP contribution in [0.1, 0.15) is 33.1 Å². The van der Waals surface area contributed by atoms with Gasteiger partial charge in [0.1, 0.15) is 5.82 Å². The average molecular weight is 369 g/mol. The fraction of sp³-hybridized carbons (Fsp3) is 0.300. The number of aromatic nitrogens is 3. The Balaban J connectivity index is 1.59. The van der Waals surface area contributed by atoms with E-state index in [9.17, 15) is 4.79 Å². The quantitative estimate of drug-likeness (QED) is 0.746. The van der Waals surface area contributed by atoms with Gasteiger partial charge in [-0.3, -0.25) is 4.79 Å². The molecule has 1 aliphatic rings. The number of aromatic amines is 1. The van der Waals surface area contributed by atoms with Crippen LogP contribution in [0.5, 0.6) is 0 Å². The van der Waals surface area contributed by atoms with Crippen LogP contribution in [-0.4, -0.2) is 31.9 Å². The summed E-state index contributed by atoms with van der Waals surface area (Å²) in [4.78, 5) is 23.0. The predicted molar refractivity (Wildman–Crippen MR) is 102 cm³/mol. The number of nitrogens with zero attached hydrogens (tertiary/aromatic N) is 3. The average Bonchev–Trinajstić information content (AvgIpc) is 3.17. The Hall–Kier alpha value is -2.53. The van der Waals surface area contributed by atoms with Gasteiger partial charge in [0, 0.05) is 42.0 Å². The highest BCUT2D eigenvalue weighted by Gasteiger charge is 2.26. The zero-order valence-electron chi connectivity index (χ0n) is 15.1. The first-order valence-corrected chi connectivity index (χ1v) is 9.07. The first-order valence-electron chi connectivity index (χ1n) is 8.70. The molecular weight excluding hydrogens is 348 g/mol. The molecule has 134 valence electrons. The Morgan fingerprint density at radius 1 is 1.23 bits per heavy atom. The molecule has 0 saturated carbocycles. The number of fused-ring (bicyclic) bond motifs is 1. The van der Waals surface area contributed by atoms with Crippen LogP contribution in [0, 0.1) is 13.8 Å². The van der Waals surface area contributed by atoms with Crippen molar-refractivity contribution in [3.8, 4) is 11.4 Å². The Morgan fingerprint density at radius 3 is 2.62 bits per heavy atom. The van der Waals surface area contributed by atoms with Crippen LogP contribution in [0.4, 0.5) is 0 Å². The third-order valence-corrected chi connectivity index (χ3v) is 5.49. The Labute approximate surface area is 157 Å². The summed E-state index contributed by atoms with van der Waals surface area (Å²) in [6, 6.07) is 9.58. The van der Waals surface area contributed by atoms with Crippen molar-refractivity contribution in [2.45, 2.75) is 26.8 Å². The molecular formula is C20H21ClN4O. The lowest BCUT2D eigenvalue weighted by molar-refractivity contribution is 0.0731. The van der Waals surface area contributed by atoms with Gasteiger partial charge < -0.3 is 14.5 Å². The van der Waals surface area contributed by atoms with Crippen LogP contribution in [0.15, 0.2) is 30.3 Å². The molecule has 0 aliphatic carbocycles. The summed E-state index contributed by atoms with van der Waals surface area (Å²) in [5.74, 6) is 0.909. The number of amides is 1. The van der Waals surface area contributed by atoms with E-state index >= 15 is 0 Å². The van der Waals surface area contributed by atoms with Crippen molar-refractivity contribution < 1.29 is 4.79 Å². The van der Waals surface area contributed by atoms with Crippen molar-refractivity contribution in [2.24, 2.45) is 7.05 Å². The molecule has 26 heavy (non-hydrogen) atoms. The van der Waals surface area contributed by atoms with E-state index in [1.54, 1.807) is 0 Å². The van der Waals surface area contributed by atoms with Crippen LogP contribution in [-0.2, 0) is 20.0 Å². The van der Waals surface area contributed by atoms with Crippen molar-refractivity contribution in [3.05, 3.63) is 63.7 Å². The first-order chi connectivity index (χ1) is 12.4. The highest BCUT2D eigenvalue weighted by atomic mass is 35.5. The zero-order valence-corrected chi connectivity index (χ0v) is 15.9. The van der Waals surface area contributed by atoms with Gasteiger partial charge in [-0.15, -0.1) is 0 Å². The lowest BCUT2D eigenvalue weighted by Crippen LogP contribution is -2.36. The number of carbonyl (C=O) groups excluding carboxylic acids is 1. The van der Waals surface area contributed by atoms with E-state index < -0.39 is 0 Å². The fourth-order valence-electron chi connectivity index (χ4n) is 3.45. The normalized spacial score (nSPS) is 13.8. The minimum Gasteiger partial charge on any atom is -0.351 e. The maximum absolute atomic E-state index is 13.0. The van der Waals surface area contributed by atoms with Crippen LogP contribution >= 0.6 is 11.6 Å². The molecule has 0 unspecified atom stereocenters. The van der Waals surface area contributed by atoms with Gasteiger partial charge in [-0.1, -0.05) is 11.6 Å². The molecule has 0 radical (unpaired) electrons. The molecule has 4 rings (SSSR count). The fourth-order valence-corrected chi connectivity index (χ4v) is 3.58. The minimum absolute atomic E-state index is 0.0829. The number of imidazole rings is 1. The number of H-pyrrole nitrogens is 1. The number of hydrogen-bond acceptors (Lipinski definition) is 2. The summed E-state index contributed by atoms with van der Waals surface area (Å²) in [6.07, 6.45) is 0.760. The third-order valence-electron chi connectivity index (χ3n) is 5.24. The Kier molecular flexibility index (Phi) is 4.11. The van der Waals surface area contributed by atoms with E-state index in [2.05, 4.69) is 9.55 Å². The topological polar surface area (TPSA) is 53.9 Å². The molecule has 0 spiro atoms. The van der Waals surface area contributed by atoms with Crippen LogP contribution in [0.3, 0.4) is 0 Å². The second-order valence-electron chi connectivity index (χ2n) is 6.84. The summed E-state index contributed by atoms with van der Waals surface area (Å²) < 4.78 is 2.05. The second kappa shape index (κ2) is 6.32. The third kappa shape index (κ3) is 2.82. The van der Waals surface area contributed by atoms with E-state index in [0.717, 1.165) is 46.1 Å². The van der Waals surface area contributed by atoms with Crippen LogP contribution in [0.2, 0.25) is 5.02 Å². The smallest absolute Gasteiger partial charge is 0.256 e. The van der Waals surface area contributed by atoms with Gasteiger partial charge in [0.25, 0.3) is 5.91 Å². The highest BCUT2D eigenvalue weighted by Crippen LogP contribution is 2.25. The number of rotatable bonds is 2. The number of hydrogen-bond donors (Lipinski definition) is 1. The first kappa shape index (κ1) is 16.9. The summed E-state index contributed by atoms with van der Waals surface area (Å²) in [5.41, 5.74) is 5.93. The predicted octanol–water partition coefficient (Wildman–Crippen LogP) is 3.88. The molecule has 1 aliphatic heterocycles. The molecule has 3 aromatic rings. The van der Waals surface area contributed by atoms with Gasteiger partial charge in [0.15, 0.2) is 0 Å². The van der Waals surface area contributed by atoms with E-state index in [4.69, 9.17) is 16.6 Å². The van der Waals surface area contributed by atoms with Crippen molar-refractivity contribution in [1.82, 2.24) is 19.4 Å². The standard InChI is InChI=1S/C20H21ClN4O/c1-12-10-16(13(2)24(12)3)20(26)25-9-8-17-18(11-25)23-19(22-17)14-4-6-15(21)7-5-14/h4-7,10H,8-9,11H2,1-3H3,(H,22,23). The lowest BCUT2D eigenvalue weighted by Gasteiger charge is -2.26. The molecule has 1 aromatic carbocycles. The molecule has 0 bridgehead atoms. The zero-order chi connectivity index (χ0) is 18.4. The van der Waals surface area contributed by atoms with Crippen LogP contribution in [0.25, 0.3) is 11.4 Å². The number of aryl methyl sites for hydroxylation is 1. The second-order valence-corrected chi connectivity index (χ2v) is 7.27. The van der Waals surface area contributed by atoms with E-state index in [1.807, 2.05) is 56.1 Å². The molecule has 0 saturated heterocycles. The van der Waals surface area contributed by atoms with Gasteiger partial charge in [-0.2, -0.15) is 0 Å². The van der Waals surface area contributed by atoms with Crippen molar-refractivity contribution in [3.63, 3.8) is 0 Å². The molecule has 1 amide bonds. The number of benzene rings is 1. The summed E-state index contributed by atoms with van der Waals surface area (Å²) in [6.45, 7) is 5.25. The van der Waals surface area contributed by atoms with E-state index in [0.29, 0.717) is 18.1 Å². The number of carbonyl (C=O) groups is 1. The van der Waals surface area contributed by atoms with Crippen molar-refractivity contribution in [2.75, 3.05) is 6.54 Å². The van der Waals surface area contributed by atoms with Crippen molar-refractivity contribution in [1.29, 1.82) is 0 Å². The van der Waals surface area contributed by atoms with Gasteiger partial charge in [0.2, 0.25) is 0 Å². The number of nitrogens with one attached hydrogen (secondary N) is 1. The molecule has 0 fully saturated rings. The molecule has 6 heteroatoms. The van der Waals surface area contributed by atoms with Gasteiger partial charge >= 0.3 is 0 Å². The highest BCUT2D eigenvalue weighted by molar-refractivity contribution is 6.30. The van der Waals surface area contributed by atoms with Crippen LogP contribution < -0.4 is 0 Å². The maximum atomic E-state index is 13.0.